The Morgan fingerprint density at radius 3 is 3.05 bits per heavy atom. The SMILES string of the molecule is CC1CC(C(=O)N2CCCC2c2ccc[nH]2)CCN1. The standard InChI is InChI=1S/C15H23N3O/c1-11-10-12(6-8-16-11)15(19)18-9-3-5-14(18)13-4-2-7-17-13/h2,4,7,11-12,14,16-17H,3,5-6,8-10H2,1H3. The van der Waals surface area contributed by atoms with Gasteiger partial charge in [0.15, 0.2) is 0 Å². The molecule has 3 heterocycles. The number of aromatic amines is 1. The average Bonchev–Trinajstić information content (AvgIpc) is 3.08. The number of rotatable bonds is 2. The fourth-order valence-corrected chi connectivity index (χ4v) is 3.50. The summed E-state index contributed by atoms with van der Waals surface area (Å²) in [5.74, 6) is 0.581. The first-order valence-electron chi connectivity index (χ1n) is 7.43. The lowest BCUT2D eigenvalue weighted by Gasteiger charge is -2.32. The lowest BCUT2D eigenvalue weighted by molar-refractivity contribution is -0.137. The molecule has 2 N–H and O–H groups in total. The van der Waals surface area contributed by atoms with Crippen molar-refractivity contribution in [1.29, 1.82) is 0 Å². The number of piperidine rings is 1. The molecule has 1 aromatic rings. The highest BCUT2D eigenvalue weighted by atomic mass is 16.2. The topological polar surface area (TPSA) is 48.1 Å². The second-order valence-corrected chi connectivity index (χ2v) is 5.89. The zero-order valence-electron chi connectivity index (χ0n) is 11.6. The Hall–Kier alpha value is -1.29. The normalized spacial score (nSPS) is 31.6. The Bertz CT molecular complexity index is 429. The summed E-state index contributed by atoms with van der Waals surface area (Å²) < 4.78 is 0. The number of aromatic nitrogens is 1. The van der Waals surface area contributed by atoms with Crippen molar-refractivity contribution in [3.63, 3.8) is 0 Å². The molecule has 1 aromatic heterocycles. The number of hydrogen-bond donors (Lipinski definition) is 2. The van der Waals surface area contributed by atoms with Gasteiger partial charge in [0.05, 0.1) is 6.04 Å². The van der Waals surface area contributed by atoms with E-state index in [1.165, 1.54) is 5.69 Å². The van der Waals surface area contributed by atoms with E-state index in [9.17, 15) is 4.79 Å². The van der Waals surface area contributed by atoms with Crippen molar-refractivity contribution < 1.29 is 4.79 Å². The quantitative estimate of drug-likeness (QED) is 0.856. The zero-order valence-corrected chi connectivity index (χ0v) is 11.6. The lowest BCUT2D eigenvalue weighted by Crippen LogP contribution is -2.44. The first-order chi connectivity index (χ1) is 9.25. The van der Waals surface area contributed by atoms with Crippen LogP contribution in [0.1, 0.15) is 44.3 Å². The molecule has 4 heteroatoms. The Labute approximate surface area is 114 Å². The van der Waals surface area contributed by atoms with Gasteiger partial charge in [0.1, 0.15) is 0 Å². The summed E-state index contributed by atoms with van der Waals surface area (Å²) in [6.07, 6.45) is 6.12. The van der Waals surface area contributed by atoms with Crippen molar-refractivity contribution in [2.75, 3.05) is 13.1 Å². The van der Waals surface area contributed by atoms with E-state index < -0.39 is 0 Å². The second-order valence-electron chi connectivity index (χ2n) is 5.89. The number of likely N-dealkylation sites (tertiary alicyclic amines) is 1. The molecule has 2 fully saturated rings. The first-order valence-corrected chi connectivity index (χ1v) is 7.43. The van der Waals surface area contributed by atoms with Gasteiger partial charge in [0.25, 0.3) is 0 Å². The van der Waals surface area contributed by atoms with Crippen LogP contribution in [0.25, 0.3) is 0 Å². The number of hydrogen-bond acceptors (Lipinski definition) is 2. The predicted molar refractivity (Wildman–Crippen MR) is 74.7 cm³/mol. The molecular weight excluding hydrogens is 238 g/mol. The number of H-pyrrole nitrogens is 1. The molecule has 3 rings (SSSR count). The molecule has 104 valence electrons. The zero-order chi connectivity index (χ0) is 13.2. The van der Waals surface area contributed by atoms with Crippen LogP contribution in [0.2, 0.25) is 0 Å². The summed E-state index contributed by atoms with van der Waals surface area (Å²) in [5, 5.41) is 3.42. The Morgan fingerprint density at radius 2 is 2.32 bits per heavy atom. The number of amides is 1. The number of nitrogens with zero attached hydrogens (tertiary/aromatic N) is 1. The molecule has 0 spiro atoms. The number of carbonyl (C=O) groups is 1. The fourth-order valence-electron chi connectivity index (χ4n) is 3.50. The molecule has 2 aliphatic heterocycles. The van der Waals surface area contributed by atoms with Crippen LogP contribution in [-0.2, 0) is 4.79 Å². The van der Waals surface area contributed by atoms with E-state index in [1.54, 1.807) is 0 Å². The summed E-state index contributed by atoms with van der Waals surface area (Å²) >= 11 is 0. The van der Waals surface area contributed by atoms with Crippen LogP contribution in [0, 0.1) is 5.92 Å². The minimum absolute atomic E-state index is 0.215. The lowest BCUT2D eigenvalue weighted by atomic mass is 9.91. The first kappa shape index (κ1) is 12.7. The van der Waals surface area contributed by atoms with E-state index >= 15 is 0 Å². The van der Waals surface area contributed by atoms with Crippen molar-refractivity contribution in [2.45, 2.75) is 44.7 Å². The van der Waals surface area contributed by atoms with E-state index in [-0.39, 0.29) is 12.0 Å². The summed E-state index contributed by atoms with van der Waals surface area (Å²) in [6, 6.07) is 4.85. The van der Waals surface area contributed by atoms with Crippen LogP contribution in [0.3, 0.4) is 0 Å². The van der Waals surface area contributed by atoms with Crippen molar-refractivity contribution in [2.24, 2.45) is 5.92 Å². The van der Waals surface area contributed by atoms with E-state index in [0.29, 0.717) is 11.9 Å². The molecule has 4 nitrogen and oxygen atoms in total. The molecule has 19 heavy (non-hydrogen) atoms. The van der Waals surface area contributed by atoms with Crippen LogP contribution in [0.15, 0.2) is 18.3 Å². The highest BCUT2D eigenvalue weighted by molar-refractivity contribution is 5.79. The molecule has 2 aliphatic rings. The monoisotopic (exact) mass is 261 g/mol. The average molecular weight is 261 g/mol. The van der Waals surface area contributed by atoms with Gasteiger partial charge in [0, 0.05) is 30.4 Å². The van der Waals surface area contributed by atoms with E-state index in [4.69, 9.17) is 0 Å². The summed E-state index contributed by atoms with van der Waals surface area (Å²) in [6.45, 7) is 4.06. The summed E-state index contributed by atoms with van der Waals surface area (Å²) in [7, 11) is 0. The molecule has 2 saturated heterocycles. The third kappa shape index (κ3) is 2.54. The van der Waals surface area contributed by atoms with E-state index in [2.05, 4.69) is 28.2 Å². The van der Waals surface area contributed by atoms with Gasteiger partial charge < -0.3 is 15.2 Å². The number of carbonyl (C=O) groups excluding carboxylic acids is 1. The molecular formula is C15H23N3O. The maximum atomic E-state index is 12.7. The van der Waals surface area contributed by atoms with Gasteiger partial charge in [-0.3, -0.25) is 4.79 Å². The second kappa shape index (κ2) is 5.37. The van der Waals surface area contributed by atoms with Gasteiger partial charge in [-0.25, -0.2) is 0 Å². The molecule has 0 radical (unpaired) electrons. The third-order valence-corrected chi connectivity index (χ3v) is 4.49. The van der Waals surface area contributed by atoms with Gasteiger partial charge in [0.2, 0.25) is 5.91 Å². The Balaban J connectivity index is 1.71. The Kier molecular flexibility index (Phi) is 3.60. The highest BCUT2D eigenvalue weighted by Crippen LogP contribution is 2.33. The van der Waals surface area contributed by atoms with Gasteiger partial charge >= 0.3 is 0 Å². The predicted octanol–water partition coefficient (Wildman–Crippen LogP) is 2.07. The minimum Gasteiger partial charge on any atom is -0.363 e. The van der Waals surface area contributed by atoms with Crippen LogP contribution >= 0.6 is 0 Å². The smallest absolute Gasteiger partial charge is 0.226 e. The van der Waals surface area contributed by atoms with Gasteiger partial charge in [-0.15, -0.1) is 0 Å². The summed E-state index contributed by atoms with van der Waals surface area (Å²) in [5.41, 5.74) is 1.19. The van der Waals surface area contributed by atoms with Crippen LogP contribution < -0.4 is 5.32 Å². The molecule has 0 aromatic carbocycles. The fraction of sp³-hybridized carbons (Fsp3) is 0.667. The van der Waals surface area contributed by atoms with E-state index in [1.807, 2.05) is 12.3 Å². The highest BCUT2D eigenvalue weighted by Gasteiger charge is 2.35. The van der Waals surface area contributed by atoms with E-state index in [0.717, 1.165) is 38.8 Å². The number of nitrogens with one attached hydrogen (secondary N) is 2. The largest absolute Gasteiger partial charge is 0.363 e. The molecule has 3 unspecified atom stereocenters. The van der Waals surface area contributed by atoms with Crippen molar-refractivity contribution in [1.82, 2.24) is 15.2 Å². The van der Waals surface area contributed by atoms with Crippen molar-refractivity contribution in [3.05, 3.63) is 24.0 Å². The van der Waals surface area contributed by atoms with Crippen LogP contribution in [0.4, 0.5) is 0 Å². The molecule has 1 amide bonds. The maximum absolute atomic E-state index is 12.7. The van der Waals surface area contributed by atoms with Crippen molar-refractivity contribution in [3.8, 4) is 0 Å². The minimum atomic E-state index is 0.215. The van der Waals surface area contributed by atoms with Crippen molar-refractivity contribution >= 4 is 5.91 Å². The van der Waals surface area contributed by atoms with Gasteiger partial charge in [-0.1, -0.05) is 0 Å². The Morgan fingerprint density at radius 1 is 1.42 bits per heavy atom. The molecule has 0 saturated carbocycles. The molecule has 0 bridgehead atoms. The van der Waals surface area contributed by atoms with Gasteiger partial charge in [-0.2, -0.15) is 0 Å². The third-order valence-electron chi connectivity index (χ3n) is 4.49. The van der Waals surface area contributed by atoms with Gasteiger partial charge in [-0.05, 0) is 51.3 Å². The van der Waals surface area contributed by atoms with Crippen LogP contribution in [0.5, 0.6) is 0 Å². The summed E-state index contributed by atoms with van der Waals surface area (Å²) in [4.78, 5) is 18.1. The maximum Gasteiger partial charge on any atom is 0.226 e. The molecule has 0 aliphatic carbocycles. The molecule has 3 atom stereocenters. The van der Waals surface area contributed by atoms with Crippen LogP contribution in [-0.4, -0.2) is 34.9 Å².